The van der Waals surface area contributed by atoms with Gasteiger partial charge >= 0.3 is 11.9 Å². The van der Waals surface area contributed by atoms with Crippen molar-refractivity contribution in [3.05, 3.63) is 95.6 Å². The van der Waals surface area contributed by atoms with Gasteiger partial charge in [0.25, 0.3) is 0 Å². The minimum atomic E-state index is -1.81. The molecule has 0 saturated heterocycles. The van der Waals surface area contributed by atoms with Gasteiger partial charge < -0.3 is 24.4 Å². The van der Waals surface area contributed by atoms with E-state index < -0.39 is 47.5 Å². The van der Waals surface area contributed by atoms with Crippen LogP contribution < -0.4 is 4.74 Å². The predicted molar refractivity (Wildman–Crippen MR) is 142 cm³/mol. The molecule has 2 N–H and O–H groups in total. The lowest BCUT2D eigenvalue weighted by Gasteiger charge is -2.43. The molecule has 0 radical (unpaired) electrons. The average Bonchev–Trinajstić information content (AvgIpc) is 2.92. The number of hydrogen-bond donors (Lipinski definition) is 2. The Labute approximate surface area is 227 Å². The van der Waals surface area contributed by atoms with Gasteiger partial charge in [0.1, 0.15) is 19.1 Å². The quantitative estimate of drug-likeness (QED) is 0.309. The van der Waals surface area contributed by atoms with Crippen molar-refractivity contribution in [1.29, 1.82) is 0 Å². The molecule has 0 spiro atoms. The second-order valence-electron chi connectivity index (χ2n) is 9.83. The van der Waals surface area contributed by atoms with Crippen LogP contribution in [0.5, 0.6) is 11.5 Å². The summed E-state index contributed by atoms with van der Waals surface area (Å²) in [6.07, 6.45) is -0.434. The predicted octanol–water partition coefficient (Wildman–Crippen LogP) is 4.32. The monoisotopic (exact) mass is 532 g/mol. The van der Waals surface area contributed by atoms with E-state index in [4.69, 9.17) is 14.2 Å². The maximum Gasteiger partial charge on any atom is 0.317 e. The van der Waals surface area contributed by atoms with Crippen molar-refractivity contribution in [2.45, 2.75) is 45.0 Å². The van der Waals surface area contributed by atoms with E-state index in [1.807, 2.05) is 24.3 Å². The third-order valence-corrected chi connectivity index (χ3v) is 6.89. The fraction of sp³-hybridized carbons (Fsp3) is 0.323. The summed E-state index contributed by atoms with van der Waals surface area (Å²) in [5, 5.41) is 21.6. The first-order valence-corrected chi connectivity index (χ1v) is 12.8. The maximum absolute atomic E-state index is 13.6. The molecule has 1 fully saturated rings. The number of ketones is 1. The van der Waals surface area contributed by atoms with Crippen molar-refractivity contribution in [3.63, 3.8) is 0 Å². The molecule has 0 aromatic heterocycles. The van der Waals surface area contributed by atoms with Crippen molar-refractivity contribution >= 4 is 17.7 Å². The minimum Gasteiger partial charge on any atom is -0.504 e. The molecule has 0 aliphatic heterocycles. The standard InChI is InChI=1S/C31H32O8/c1-3-37-25-16-22(14-15-23(25)32)26-27(29(34)38-18-20-10-6-4-7-11-20)24(33)17-31(2,36)28(26)30(35)39-19-21-12-8-5-9-13-21/h4-16,26-28,32,36H,3,17-19H2,1-2H3/t26-,27-,28-,31-/m1/s1. The number of carbonyl (C=O) groups excluding carboxylic acids is 3. The van der Waals surface area contributed by atoms with Crippen LogP contribution in [0, 0.1) is 11.8 Å². The van der Waals surface area contributed by atoms with Crippen molar-refractivity contribution in [2.75, 3.05) is 6.61 Å². The molecule has 0 unspecified atom stereocenters. The highest BCUT2D eigenvalue weighted by atomic mass is 16.5. The lowest BCUT2D eigenvalue weighted by molar-refractivity contribution is -0.174. The van der Waals surface area contributed by atoms with Crippen LogP contribution in [-0.2, 0) is 37.1 Å². The van der Waals surface area contributed by atoms with E-state index in [1.165, 1.54) is 25.1 Å². The van der Waals surface area contributed by atoms with Crippen LogP contribution in [0.1, 0.15) is 42.9 Å². The van der Waals surface area contributed by atoms with Gasteiger partial charge in [0.15, 0.2) is 17.3 Å². The number of phenols is 1. The highest BCUT2D eigenvalue weighted by Crippen LogP contribution is 2.48. The molecule has 204 valence electrons. The zero-order valence-corrected chi connectivity index (χ0v) is 21.9. The first-order chi connectivity index (χ1) is 18.7. The van der Waals surface area contributed by atoms with Crippen LogP contribution in [0.2, 0.25) is 0 Å². The zero-order chi connectivity index (χ0) is 28.0. The molecule has 1 saturated carbocycles. The normalized spacial score (nSPS) is 22.6. The van der Waals surface area contributed by atoms with Crippen molar-refractivity contribution in [1.82, 2.24) is 0 Å². The van der Waals surface area contributed by atoms with Crippen molar-refractivity contribution < 1.29 is 38.8 Å². The summed E-state index contributed by atoms with van der Waals surface area (Å²) in [5.41, 5.74) is 0.0266. The van der Waals surface area contributed by atoms with E-state index in [2.05, 4.69) is 0 Å². The molecule has 4 rings (SSSR count). The second kappa shape index (κ2) is 12.1. The molecule has 39 heavy (non-hydrogen) atoms. The molecular formula is C31H32O8. The van der Waals surface area contributed by atoms with E-state index in [9.17, 15) is 24.6 Å². The number of aliphatic hydroxyl groups is 1. The Balaban J connectivity index is 1.71. The Morgan fingerprint density at radius 1 is 0.897 bits per heavy atom. The van der Waals surface area contributed by atoms with Crippen LogP contribution in [0.25, 0.3) is 0 Å². The summed E-state index contributed by atoms with van der Waals surface area (Å²) in [7, 11) is 0. The van der Waals surface area contributed by atoms with Crippen molar-refractivity contribution in [3.8, 4) is 11.5 Å². The van der Waals surface area contributed by atoms with E-state index in [0.29, 0.717) is 5.56 Å². The summed E-state index contributed by atoms with van der Waals surface area (Å²) in [4.78, 5) is 40.4. The fourth-order valence-electron chi connectivity index (χ4n) is 5.06. The molecule has 1 aliphatic rings. The summed E-state index contributed by atoms with van der Waals surface area (Å²) in [6.45, 7) is 3.28. The first-order valence-electron chi connectivity index (χ1n) is 12.8. The van der Waals surface area contributed by atoms with Crippen molar-refractivity contribution in [2.24, 2.45) is 11.8 Å². The second-order valence-corrected chi connectivity index (χ2v) is 9.83. The van der Waals surface area contributed by atoms with Crippen LogP contribution in [-0.4, -0.2) is 40.1 Å². The highest BCUT2D eigenvalue weighted by molar-refractivity contribution is 6.02. The highest BCUT2D eigenvalue weighted by Gasteiger charge is 2.57. The summed E-state index contributed by atoms with van der Waals surface area (Å²) in [6, 6.07) is 22.4. The number of benzene rings is 3. The van der Waals surface area contributed by atoms with Crippen LogP contribution in [0.3, 0.4) is 0 Å². The van der Waals surface area contributed by atoms with E-state index in [0.717, 1.165) is 11.1 Å². The Morgan fingerprint density at radius 2 is 1.46 bits per heavy atom. The third kappa shape index (κ3) is 6.46. The van der Waals surface area contributed by atoms with Gasteiger partial charge in [-0.15, -0.1) is 0 Å². The van der Waals surface area contributed by atoms with E-state index in [1.54, 1.807) is 43.3 Å². The number of rotatable bonds is 9. The van der Waals surface area contributed by atoms with Gasteiger partial charge in [-0.25, -0.2) is 0 Å². The molecule has 3 aromatic carbocycles. The number of hydrogen-bond acceptors (Lipinski definition) is 8. The topological polar surface area (TPSA) is 119 Å². The van der Waals surface area contributed by atoms with Gasteiger partial charge in [-0.2, -0.15) is 0 Å². The van der Waals surface area contributed by atoms with Gasteiger partial charge in [0, 0.05) is 12.3 Å². The number of aromatic hydroxyl groups is 1. The molecule has 0 bridgehead atoms. The van der Waals surface area contributed by atoms with Crippen LogP contribution in [0.15, 0.2) is 78.9 Å². The first kappa shape index (κ1) is 27.9. The fourth-order valence-corrected chi connectivity index (χ4v) is 5.06. The largest absolute Gasteiger partial charge is 0.504 e. The molecular weight excluding hydrogens is 500 g/mol. The van der Waals surface area contributed by atoms with E-state index in [-0.39, 0.29) is 31.3 Å². The molecule has 3 aromatic rings. The average molecular weight is 533 g/mol. The number of esters is 2. The van der Waals surface area contributed by atoms with Gasteiger partial charge in [0.05, 0.1) is 18.1 Å². The van der Waals surface area contributed by atoms with E-state index >= 15 is 0 Å². The molecule has 8 heteroatoms. The van der Waals surface area contributed by atoms with Crippen LogP contribution >= 0.6 is 0 Å². The lowest BCUT2D eigenvalue weighted by atomic mass is 9.61. The third-order valence-electron chi connectivity index (χ3n) is 6.89. The van der Waals surface area contributed by atoms with Gasteiger partial charge in [-0.1, -0.05) is 66.7 Å². The Morgan fingerprint density at radius 3 is 2.03 bits per heavy atom. The van der Waals surface area contributed by atoms with Gasteiger partial charge in [-0.05, 0) is 42.7 Å². The summed E-state index contributed by atoms with van der Waals surface area (Å²) < 4.78 is 16.7. The smallest absolute Gasteiger partial charge is 0.317 e. The number of carbonyl (C=O) groups is 3. The Hall–Kier alpha value is -4.17. The lowest BCUT2D eigenvalue weighted by Crippen LogP contribution is -2.55. The zero-order valence-electron chi connectivity index (χ0n) is 21.9. The maximum atomic E-state index is 13.6. The molecule has 1 aliphatic carbocycles. The van der Waals surface area contributed by atoms with Gasteiger partial charge in [0.2, 0.25) is 0 Å². The summed E-state index contributed by atoms with van der Waals surface area (Å²) >= 11 is 0. The molecule has 0 heterocycles. The SMILES string of the molecule is CCOc1cc([C@@H]2[C@H](C(=O)OCc3ccccc3)C(=O)C[C@@](C)(O)[C@H]2C(=O)OCc2ccccc2)ccc1O. The molecule has 8 nitrogen and oxygen atoms in total. The minimum absolute atomic E-state index is 0.0458. The Bertz CT molecular complexity index is 1300. The number of ether oxygens (including phenoxy) is 3. The van der Waals surface area contributed by atoms with Crippen LogP contribution in [0.4, 0.5) is 0 Å². The number of phenolic OH excluding ortho intramolecular Hbond substituents is 1. The molecule has 4 atom stereocenters. The summed E-state index contributed by atoms with van der Waals surface area (Å²) in [5.74, 6) is -5.94. The number of Topliss-reactive ketones (excluding diaryl/α,β-unsaturated/α-hetero) is 1. The Kier molecular flexibility index (Phi) is 8.66. The van der Waals surface area contributed by atoms with Gasteiger partial charge in [-0.3, -0.25) is 14.4 Å². The molecule has 0 amide bonds.